The van der Waals surface area contributed by atoms with Crippen molar-refractivity contribution in [3.05, 3.63) is 36.4 Å². The molecule has 1 atom stereocenters. The predicted octanol–water partition coefficient (Wildman–Crippen LogP) is 1.75. The van der Waals surface area contributed by atoms with E-state index in [1.54, 1.807) is 4.90 Å². The molecule has 2 N–H and O–H groups in total. The van der Waals surface area contributed by atoms with E-state index in [1.165, 1.54) is 0 Å². The highest BCUT2D eigenvalue weighted by Gasteiger charge is 2.27. The first-order valence-electron chi connectivity index (χ1n) is 8.27. The summed E-state index contributed by atoms with van der Waals surface area (Å²) in [4.78, 5) is 18.3. The van der Waals surface area contributed by atoms with Crippen molar-refractivity contribution >= 4 is 22.6 Å². The Labute approximate surface area is 141 Å². The molecule has 24 heavy (non-hydrogen) atoms. The number of hydrogen-bond acceptors (Lipinski definition) is 5. The van der Waals surface area contributed by atoms with Gasteiger partial charge < -0.3 is 15.5 Å². The number of nitrogens with zero attached hydrogens (tertiary/aromatic N) is 3. The zero-order chi connectivity index (χ0) is 16.8. The van der Waals surface area contributed by atoms with E-state index in [0.717, 1.165) is 29.6 Å². The molecule has 0 aliphatic carbocycles. The minimum absolute atomic E-state index is 0.00267. The van der Waals surface area contributed by atoms with Gasteiger partial charge in [0.05, 0.1) is 18.1 Å². The van der Waals surface area contributed by atoms with E-state index >= 15 is 0 Å². The summed E-state index contributed by atoms with van der Waals surface area (Å²) >= 11 is 0. The van der Waals surface area contributed by atoms with Gasteiger partial charge in [0.1, 0.15) is 11.9 Å². The fourth-order valence-electron chi connectivity index (χ4n) is 2.94. The second-order valence-electron chi connectivity index (χ2n) is 5.87. The Morgan fingerprint density at radius 2 is 2.17 bits per heavy atom. The summed E-state index contributed by atoms with van der Waals surface area (Å²) in [6.45, 7) is 2.30. The van der Waals surface area contributed by atoms with E-state index in [9.17, 15) is 4.79 Å². The third kappa shape index (κ3) is 3.81. The quantitative estimate of drug-likeness (QED) is 0.792. The number of benzene rings is 1. The molecule has 1 aliphatic heterocycles. The summed E-state index contributed by atoms with van der Waals surface area (Å²) in [5, 5.41) is 16.5. The van der Waals surface area contributed by atoms with Gasteiger partial charge >= 0.3 is 0 Å². The number of nitrogens with one attached hydrogen (secondary N) is 2. The number of likely N-dealkylation sites (tertiary alicyclic amines) is 1. The average Bonchev–Trinajstić information content (AvgIpc) is 3.10. The van der Waals surface area contributed by atoms with Gasteiger partial charge in [-0.3, -0.25) is 4.79 Å². The largest absolute Gasteiger partial charge is 0.369 e. The molecule has 1 aromatic carbocycles. The molecule has 0 unspecified atom stereocenters. The Morgan fingerprint density at radius 1 is 1.29 bits per heavy atom. The molecule has 6 nitrogen and oxygen atoms in total. The Balaban J connectivity index is 1.40. The molecule has 0 spiro atoms. The number of hydrogen-bond donors (Lipinski definition) is 2. The van der Waals surface area contributed by atoms with Crippen LogP contribution in [0.1, 0.15) is 12.8 Å². The number of amides is 1. The molecule has 2 heterocycles. The van der Waals surface area contributed by atoms with Crippen LogP contribution in [-0.4, -0.2) is 48.0 Å². The molecule has 1 amide bonds. The molecule has 6 heteroatoms. The summed E-state index contributed by atoms with van der Waals surface area (Å²) in [6, 6.07) is 13.9. The van der Waals surface area contributed by atoms with Crippen molar-refractivity contribution in [1.82, 2.24) is 15.2 Å². The van der Waals surface area contributed by atoms with Crippen LogP contribution < -0.4 is 10.6 Å². The molecule has 1 saturated heterocycles. The summed E-state index contributed by atoms with van der Waals surface area (Å²) in [6.07, 6.45) is 1.70. The Kier molecular flexibility index (Phi) is 5.24. The van der Waals surface area contributed by atoms with Crippen LogP contribution in [0.25, 0.3) is 10.9 Å². The maximum Gasteiger partial charge on any atom is 0.237 e. The van der Waals surface area contributed by atoms with Gasteiger partial charge in [-0.25, -0.2) is 4.98 Å². The first-order chi connectivity index (χ1) is 11.8. The summed E-state index contributed by atoms with van der Waals surface area (Å²) in [5.74, 6) is 0.828. The normalized spacial score (nSPS) is 17.0. The van der Waals surface area contributed by atoms with E-state index in [2.05, 4.69) is 21.7 Å². The van der Waals surface area contributed by atoms with Crippen LogP contribution >= 0.6 is 0 Å². The SMILES string of the molecule is N#C[C@@H]1CCCN1C(=O)CNCCNc1ccc2ccccc2n1. The molecular weight excluding hydrogens is 302 g/mol. The van der Waals surface area contributed by atoms with Crippen molar-refractivity contribution in [3.63, 3.8) is 0 Å². The molecule has 0 radical (unpaired) electrons. The topological polar surface area (TPSA) is 81.0 Å². The van der Waals surface area contributed by atoms with E-state index < -0.39 is 0 Å². The lowest BCUT2D eigenvalue weighted by molar-refractivity contribution is -0.130. The number of para-hydroxylation sites is 1. The van der Waals surface area contributed by atoms with Gasteiger partial charge in [-0.05, 0) is 31.0 Å². The molecule has 2 aromatic rings. The average molecular weight is 323 g/mol. The van der Waals surface area contributed by atoms with Crippen LogP contribution in [0.15, 0.2) is 36.4 Å². The van der Waals surface area contributed by atoms with Gasteiger partial charge in [-0.15, -0.1) is 0 Å². The van der Waals surface area contributed by atoms with Crippen LogP contribution in [0.5, 0.6) is 0 Å². The van der Waals surface area contributed by atoms with Crippen LogP contribution in [0.4, 0.5) is 5.82 Å². The fraction of sp³-hybridized carbons (Fsp3) is 0.389. The second-order valence-corrected chi connectivity index (χ2v) is 5.87. The Hall–Kier alpha value is -2.65. The maximum absolute atomic E-state index is 12.1. The number of nitriles is 1. The number of anilines is 1. The van der Waals surface area contributed by atoms with E-state index in [1.807, 2.05) is 36.4 Å². The standard InChI is InChI=1S/C18H21N5O/c19-12-15-5-3-11-23(15)18(24)13-20-9-10-21-17-8-7-14-4-1-2-6-16(14)22-17/h1-2,4,6-8,15,20H,3,5,9-11,13H2,(H,21,22)/t15-/m0/s1. The van der Waals surface area contributed by atoms with E-state index in [4.69, 9.17) is 5.26 Å². The highest BCUT2D eigenvalue weighted by atomic mass is 16.2. The van der Waals surface area contributed by atoms with Crippen molar-refractivity contribution in [2.45, 2.75) is 18.9 Å². The highest BCUT2D eigenvalue weighted by Crippen LogP contribution is 2.16. The predicted molar refractivity (Wildman–Crippen MR) is 93.5 cm³/mol. The molecule has 0 bridgehead atoms. The number of aromatic nitrogens is 1. The van der Waals surface area contributed by atoms with Gasteiger partial charge in [0, 0.05) is 25.0 Å². The number of rotatable bonds is 6. The van der Waals surface area contributed by atoms with Gasteiger partial charge in [-0.2, -0.15) is 5.26 Å². The zero-order valence-electron chi connectivity index (χ0n) is 13.5. The molecule has 0 saturated carbocycles. The van der Waals surface area contributed by atoms with E-state index in [0.29, 0.717) is 19.6 Å². The Bertz CT molecular complexity index is 754. The number of pyridine rings is 1. The zero-order valence-corrected chi connectivity index (χ0v) is 13.5. The van der Waals surface area contributed by atoms with Crippen molar-refractivity contribution in [3.8, 4) is 6.07 Å². The first kappa shape index (κ1) is 16.2. The fourth-order valence-corrected chi connectivity index (χ4v) is 2.94. The lowest BCUT2D eigenvalue weighted by atomic mass is 10.2. The van der Waals surface area contributed by atoms with Crippen LogP contribution in [0.3, 0.4) is 0 Å². The van der Waals surface area contributed by atoms with Crippen molar-refractivity contribution in [2.75, 3.05) is 31.5 Å². The second kappa shape index (κ2) is 7.75. The maximum atomic E-state index is 12.1. The van der Waals surface area contributed by atoms with Gasteiger partial charge in [0.15, 0.2) is 0 Å². The third-order valence-electron chi connectivity index (χ3n) is 4.20. The Morgan fingerprint density at radius 3 is 3.04 bits per heavy atom. The summed E-state index contributed by atoms with van der Waals surface area (Å²) in [5.41, 5.74) is 0.960. The van der Waals surface area contributed by atoms with Crippen LogP contribution in [-0.2, 0) is 4.79 Å². The minimum Gasteiger partial charge on any atom is -0.369 e. The van der Waals surface area contributed by atoms with Crippen LogP contribution in [0, 0.1) is 11.3 Å². The monoisotopic (exact) mass is 323 g/mol. The van der Waals surface area contributed by atoms with Crippen molar-refractivity contribution in [1.29, 1.82) is 5.26 Å². The molecule has 3 rings (SSSR count). The first-order valence-corrected chi connectivity index (χ1v) is 8.27. The van der Waals surface area contributed by atoms with Crippen LogP contribution in [0.2, 0.25) is 0 Å². The van der Waals surface area contributed by atoms with Crippen molar-refractivity contribution in [2.24, 2.45) is 0 Å². The van der Waals surface area contributed by atoms with Gasteiger partial charge in [0.25, 0.3) is 0 Å². The number of fused-ring (bicyclic) bond motifs is 1. The lowest BCUT2D eigenvalue weighted by Gasteiger charge is -2.19. The third-order valence-corrected chi connectivity index (χ3v) is 4.20. The molecule has 124 valence electrons. The summed E-state index contributed by atoms with van der Waals surface area (Å²) < 4.78 is 0. The number of carbonyl (C=O) groups is 1. The molecular formula is C18H21N5O. The van der Waals surface area contributed by atoms with Crippen molar-refractivity contribution < 1.29 is 4.79 Å². The summed E-state index contributed by atoms with van der Waals surface area (Å²) in [7, 11) is 0. The lowest BCUT2D eigenvalue weighted by Crippen LogP contribution is -2.41. The molecule has 1 fully saturated rings. The minimum atomic E-state index is -0.251. The highest BCUT2D eigenvalue weighted by molar-refractivity contribution is 5.80. The van der Waals surface area contributed by atoms with Gasteiger partial charge in [0.2, 0.25) is 5.91 Å². The van der Waals surface area contributed by atoms with Gasteiger partial charge in [-0.1, -0.05) is 18.2 Å². The van der Waals surface area contributed by atoms with E-state index in [-0.39, 0.29) is 18.5 Å². The molecule has 1 aliphatic rings. The molecule has 1 aromatic heterocycles. The smallest absolute Gasteiger partial charge is 0.237 e. The number of carbonyl (C=O) groups excluding carboxylic acids is 1.